The van der Waals surface area contributed by atoms with Crippen molar-refractivity contribution < 1.29 is 14.7 Å². The Hall–Kier alpha value is -1.88. The van der Waals surface area contributed by atoms with Crippen molar-refractivity contribution in [3.63, 3.8) is 0 Å². The van der Waals surface area contributed by atoms with Crippen LogP contribution in [0.4, 0.5) is 4.79 Å². The van der Waals surface area contributed by atoms with E-state index < -0.39 is 17.7 Å². The Labute approximate surface area is 91.5 Å². The molecule has 3 rings (SSSR count). The molecule has 1 aliphatic carbocycles. The first-order valence-electron chi connectivity index (χ1n) is 5.04. The lowest BCUT2D eigenvalue weighted by molar-refractivity contribution is -0.124. The van der Waals surface area contributed by atoms with Crippen molar-refractivity contribution in [3.8, 4) is 0 Å². The summed E-state index contributed by atoms with van der Waals surface area (Å²) < 4.78 is 0. The first-order chi connectivity index (χ1) is 7.63. The monoisotopic (exact) mass is 218 g/mol. The summed E-state index contributed by atoms with van der Waals surface area (Å²) in [6.07, 6.45) is -0.510. The Morgan fingerprint density at radius 3 is 2.75 bits per heavy atom. The zero-order valence-corrected chi connectivity index (χ0v) is 8.36. The molecule has 0 radical (unpaired) electrons. The van der Waals surface area contributed by atoms with Crippen LogP contribution in [-0.4, -0.2) is 17.0 Å². The van der Waals surface area contributed by atoms with Gasteiger partial charge in [0.05, 0.1) is 6.10 Å². The van der Waals surface area contributed by atoms with Crippen LogP contribution in [0.25, 0.3) is 0 Å². The van der Waals surface area contributed by atoms with E-state index in [2.05, 4.69) is 10.6 Å². The second-order valence-electron chi connectivity index (χ2n) is 4.12. The molecule has 0 saturated carbocycles. The highest BCUT2D eigenvalue weighted by Gasteiger charge is 2.54. The lowest BCUT2D eigenvalue weighted by Gasteiger charge is -2.20. The highest BCUT2D eigenvalue weighted by atomic mass is 16.3. The van der Waals surface area contributed by atoms with Gasteiger partial charge in [-0.2, -0.15) is 0 Å². The number of aliphatic hydroxyl groups excluding tert-OH is 1. The summed E-state index contributed by atoms with van der Waals surface area (Å²) in [4.78, 5) is 23.0. The first-order valence-corrected chi connectivity index (χ1v) is 5.04. The summed E-state index contributed by atoms with van der Waals surface area (Å²) >= 11 is 0. The minimum Gasteiger partial charge on any atom is -0.388 e. The van der Waals surface area contributed by atoms with Crippen molar-refractivity contribution in [3.05, 3.63) is 35.4 Å². The molecule has 0 unspecified atom stereocenters. The summed E-state index contributed by atoms with van der Waals surface area (Å²) in [7, 11) is 0. The second kappa shape index (κ2) is 2.82. The molecule has 5 nitrogen and oxygen atoms in total. The number of benzene rings is 1. The van der Waals surface area contributed by atoms with Gasteiger partial charge in [0.1, 0.15) is 5.54 Å². The average Bonchev–Trinajstić information content (AvgIpc) is 2.69. The minimum absolute atomic E-state index is 0.198. The quantitative estimate of drug-likeness (QED) is 0.543. The standard InChI is InChI=1S/C11H10N2O3/c14-8-5-11(9(15)12-10(16)13-11)7-4-2-1-3-6(7)8/h1-4,8,14H,5H2,(H2,12,13,15,16)/t8-,11+/m0/s1. The lowest BCUT2D eigenvalue weighted by atomic mass is 9.92. The Bertz CT molecular complexity index is 500. The molecule has 1 aliphatic heterocycles. The van der Waals surface area contributed by atoms with E-state index in [-0.39, 0.29) is 12.3 Å². The molecular formula is C11H10N2O3. The van der Waals surface area contributed by atoms with Gasteiger partial charge < -0.3 is 10.4 Å². The fourth-order valence-corrected chi connectivity index (χ4v) is 2.51. The molecule has 3 amide bonds. The van der Waals surface area contributed by atoms with Crippen LogP contribution in [0.3, 0.4) is 0 Å². The highest BCUT2D eigenvalue weighted by Crippen LogP contribution is 2.44. The van der Waals surface area contributed by atoms with Crippen LogP contribution >= 0.6 is 0 Å². The Kier molecular flexibility index (Phi) is 1.65. The number of aliphatic hydroxyl groups is 1. The van der Waals surface area contributed by atoms with Gasteiger partial charge in [0.25, 0.3) is 5.91 Å². The maximum absolute atomic E-state index is 11.8. The summed E-state index contributed by atoms with van der Waals surface area (Å²) in [5.41, 5.74) is 0.318. The fourth-order valence-electron chi connectivity index (χ4n) is 2.51. The fraction of sp³-hybridized carbons (Fsp3) is 0.273. The highest BCUT2D eigenvalue weighted by molar-refractivity contribution is 6.08. The van der Waals surface area contributed by atoms with Gasteiger partial charge in [-0.15, -0.1) is 0 Å². The number of amides is 3. The van der Waals surface area contributed by atoms with E-state index in [0.717, 1.165) is 0 Å². The van der Waals surface area contributed by atoms with Gasteiger partial charge in [-0.3, -0.25) is 10.1 Å². The molecule has 3 N–H and O–H groups in total. The molecule has 82 valence electrons. The van der Waals surface area contributed by atoms with Crippen LogP contribution in [0.15, 0.2) is 24.3 Å². The molecule has 16 heavy (non-hydrogen) atoms. The van der Waals surface area contributed by atoms with E-state index in [1.807, 2.05) is 0 Å². The van der Waals surface area contributed by atoms with Crippen LogP contribution in [0.1, 0.15) is 23.7 Å². The van der Waals surface area contributed by atoms with Crippen molar-refractivity contribution in [1.82, 2.24) is 10.6 Å². The largest absolute Gasteiger partial charge is 0.388 e. The molecule has 2 atom stereocenters. The molecule has 2 aliphatic rings. The summed E-state index contributed by atoms with van der Waals surface area (Å²) in [5, 5.41) is 14.7. The van der Waals surface area contributed by atoms with Crippen molar-refractivity contribution in [2.75, 3.05) is 0 Å². The first kappa shape index (κ1) is 9.35. The van der Waals surface area contributed by atoms with E-state index in [9.17, 15) is 14.7 Å². The van der Waals surface area contributed by atoms with Gasteiger partial charge in [-0.1, -0.05) is 24.3 Å². The topological polar surface area (TPSA) is 78.4 Å². The van der Waals surface area contributed by atoms with Gasteiger partial charge >= 0.3 is 6.03 Å². The van der Waals surface area contributed by atoms with E-state index in [1.165, 1.54) is 0 Å². The number of hydrogen-bond acceptors (Lipinski definition) is 3. The van der Waals surface area contributed by atoms with E-state index in [4.69, 9.17) is 0 Å². The van der Waals surface area contributed by atoms with Crippen LogP contribution in [0, 0.1) is 0 Å². The molecule has 0 aromatic heterocycles. The number of rotatable bonds is 0. The van der Waals surface area contributed by atoms with E-state index in [1.54, 1.807) is 24.3 Å². The predicted molar refractivity (Wildman–Crippen MR) is 54.4 cm³/mol. The van der Waals surface area contributed by atoms with E-state index in [0.29, 0.717) is 11.1 Å². The number of carbonyl (C=O) groups is 2. The predicted octanol–water partition coefficient (Wildman–Crippen LogP) is 0.158. The van der Waals surface area contributed by atoms with Crippen molar-refractivity contribution in [2.24, 2.45) is 0 Å². The van der Waals surface area contributed by atoms with Gasteiger partial charge in [0.15, 0.2) is 0 Å². The molecule has 0 bridgehead atoms. The number of nitrogens with one attached hydrogen (secondary N) is 2. The lowest BCUT2D eigenvalue weighted by Crippen LogP contribution is -2.41. The molecule has 5 heteroatoms. The Morgan fingerprint density at radius 2 is 2.06 bits per heavy atom. The number of fused-ring (bicyclic) bond motifs is 2. The average molecular weight is 218 g/mol. The minimum atomic E-state index is -1.08. The second-order valence-corrected chi connectivity index (χ2v) is 4.12. The maximum Gasteiger partial charge on any atom is 0.322 e. The summed E-state index contributed by atoms with van der Waals surface area (Å²) in [5.74, 6) is -0.387. The van der Waals surface area contributed by atoms with Crippen LogP contribution in [-0.2, 0) is 10.3 Å². The smallest absolute Gasteiger partial charge is 0.322 e. The van der Waals surface area contributed by atoms with Gasteiger partial charge in [0, 0.05) is 6.42 Å². The van der Waals surface area contributed by atoms with Gasteiger partial charge in [-0.05, 0) is 11.1 Å². The van der Waals surface area contributed by atoms with Crippen LogP contribution < -0.4 is 10.6 Å². The normalized spacial score (nSPS) is 31.4. The molecule has 1 aromatic rings. The van der Waals surface area contributed by atoms with Crippen LogP contribution in [0.5, 0.6) is 0 Å². The SMILES string of the molecule is O=C1NC(=O)[C@]2(C[C@H](O)c3ccccc32)N1. The van der Waals surface area contributed by atoms with Gasteiger partial charge in [-0.25, -0.2) is 4.79 Å². The third-order valence-corrected chi connectivity index (χ3v) is 3.22. The number of imide groups is 1. The maximum atomic E-state index is 11.8. The Balaban J connectivity index is 2.19. The molecule has 1 heterocycles. The number of hydrogen-bond donors (Lipinski definition) is 3. The zero-order valence-electron chi connectivity index (χ0n) is 8.36. The summed E-state index contributed by atoms with van der Waals surface area (Å²) in [6.45, 7) is 0. The molecule has 1 saturated heterocycles. The number of urea groups is 1. The van der Waals surface area contributed by atoms with Crippen LogP contribution in [0.2, 0.25) is 0 Å². The van der Waals surface area contributed by atoms with Crippen molar-refractivity contribution in [2.45, 2.75) is 18.1 Å². The third kappa shape index (κ3) is 0.979. The number of carbonyl (C=O) groups excluding carboxylic acids is 2. The molecule has 1 aromatic carbocycles. The molecule has 1 spiro atoms. The van der Waals surface area contributed by atoms with Gasteiger partial charge in [0.2, 0.25) is 0 Å². The molecule has 1 fully saturated rings. The van der Waals surface area contributed by atoms with E-state index >= 15 is 0 Å². The van der Waals surface area contributed by atoms with Crippen molar-refractivity contribution >= 4 is 11.9 Å². The summed E-state index contributed by atoms with van der Waals surface area (Å²) in [6, 6.07) is 6.61. The zero-order chi connectivity index (χ0) is 11.3. The van der Waals surface area contributed by atoms with Crippen molar-refractivity contribution in [1.29, 1.82) is 0 Å². The third-order valence-electron chi connectivity index (χ3n) is 3.22. The Morgan fingerprint density at radius 1 is 1.31 bits per heavy atom. The molecular weight excluding hydrogens is 208 g/mol.